The summed E-state index contributed by atoms with van der Waals surface area (Å²) < 4.78 is 24.1. The average molecular weight is 300 g/mol. The molecule has 1 rings (SSSR count). The predicted octanol–water partition coefficient (Wildman–Crippen LogP) is 1.79. The molecule has 0 aliphatic heterocycles. The number of nitrogens with zero attached hydrogens (tertiary/aromatic N) is 1. The fraction of sp³-hybridized carbons (Fsp3) is 0.857. The molecule has 0 aromatic rings. The van der Waals surface area contributed by atoms with Crippen LogP contribution < -0.4 is 5.32 Å². The van der Waals surface area contributed by atoms with Crippen molar-refractivity contribution >= 4 is 15.7 Å². The largest absolute Gasteiger partial charge is 0.340 e. The molecule has 114 valence electrons. The SMILES string of the molecule is CC(C)C[C@@H](C#N)NC(=O)CCS(=O)(=O)C1CCCC1. The van der Waals surface area contributed by atoms with E-state index in [1.807, 2.05) is 19.9 Å². The van der Waals surface area contributed by atoms with Crippen LogP contribution in [0.2, 0.25) is 0 Å². The van der Waals surface area contributed by atoms with Crippen molar-refractivity contribution in [2.75, 3.05) is 5.75 Å². The van der Waals surface area contributed by atoms with Gasteiger partial charge in [0, 0.05) is 6.42 Å². The van der Waals surface area contributed by atoms with Gasteiger partial charge in [0.15, 0.2) is 9.84 Å². The van der Waals surface area contributed by atoms with Crippen molar-refractivity contribution in [3.8, 4) is 6.07 Å². The fourth-order valence-electron chi connectivity index (χ4n) is 2.53. The van der Waals surface area contributed by atoms with Crippen LogP contribution >= 0.6 is 0 Å². The monoisotopic (exact) mass is 300 g/mol. The van der Waals surface area contributed by atoms with Gasteiger partial charge in [0.2, 0.25) is 5.91 Å². The van der Waals surface area contributed by atoms with Crippen LogP contribution in [-0.2, 0) is 14.6 Å². The minimum Gasteiger partial charge on any atom is -0.340 e. The van der Waals surface area contributed by atoms with Gasteiger partial charge in [-0.05, 0) is 25.2 Å². The second kappa shape index (κ2) is 7.63. The molecular weight excluding hydrogens is 276 g/mol. The van der Waals surface area contributed by atoms with Crippen molar-refractivity contribution in [1.29, 1.82) is 5.26 Å². The lowest BCUT2D eigenvalue weighted by Crippen LogP contribution is -2.36. The molecule has 20 heavy (non-hydrogen) atoms. The Morgan fingerprint density at radius 3 is 2.45 bits per heavy atom. The number of rotatable bonds is 7. The Kier molecular flexibility index (Phi) is 6.47. The summed E-state index contributed by atoms with van der Waals surface area (Å²) in [7, 11) is -3.16. The molecule has 0 bridgehead atoms. The molecule has 1 saturated carbocycles. The highest BCUT2D eigenvalue weighted by atomic mass is 32.2. The highest BCUT2D eigenvalue weighted by Crippen LogP contribution is 2.25. The van der Waals surface area contributed by atoms with E-state index in [-0.39, 0.29) is 23.3 Å². The van der Waals surface area contributed by atoms with Crippen molar-refractivity contribution in [2.45, 2.75) is 63.7 Å². The lowest BCUT2D eigenvalue weighted by molar-refractivity contribution is -0.121. The second-order valence-corrected chi connectivity index (χ2v) is 8.30. The smallest absolute Gasteiger partial charge is 0.222 e. The molecule has 1 aliphatic rings. The van der Waals surface area contributed by atoms with Gasteiger partial charge in [-0.1, -0.05) is 26.7 Å². The zero-order valence-corrected chi connectivity index (χ0v) is 13.1. The van der Waals surface area contributed by atoms with Crippen molar-refractivity contribution in [2.24, 2.45) is 5.92 Å². The molecule has 0 heterocycles. The first-order chi connectivity index (χ1) is 9.35. The lowest BCUT2D eigenvalue weighted by Gasteiger charge is -2.14. The predicted molar refractivity (Wildman–Crippen MR) is 77.7 cm³/mol. The van der Waals surface area contributed by atoms with Crippen LogP contribution in [0.15, 0.2) is 0 Å². The summed E-state index contributed by atoms with van der Waals surface area (Å²) in [6.45, 7) is 3.95. The maximum Gasteiger partial charge on any atom is 0.222 e. The maximum absolute atomic E-state index is 12.0. The molecule has 0 aromatic carbocycles. The topological polar surface area (TPSA) is 87.0 Å². The average Bonchev–Trinajstić information content (AvgIpc) is 2.89. The third kappa shape index (κ3) is 5.49. The molecule has 0 aromatic heterocycles. The molecule has 0 saturated heterocycles. The van der Waals surface area contributed by atoms with Crippen molar-refractivity contribution in [1.82, 2.24) is 5.32 Å². The van der Waals surface area contributed by atoms with Gasteiger partial charge in [-0.3, -0.25) is 4.79 Å². The van der Waals surface area contributed by atoms with Gasteiger partial charge in [0.05, 0.1) is 17.1 Å². The number of sulfone groups is 1. The third-order valence-corrected chi connectivity index (χ3v) is 5.88. The molecule has 1 atom stereocenters. The molecule has 0 spiro atoms. The van der Waals surface area contributed by atoms with Gasteiger partial charge in [-0.15, -0.1) is 0 Å². The summed E-state index contributed by atoms with van der Waals surface area (Å²) in [5.74, 6) is -0.149. The minimum atomic E-state index is -3.16. The van der Waals surface area contributed by atoms with E-state index in [4.69, 9.17) is 5.26 Å². The molecule has 1 fully saturated rings. The van der Waals surface area contributed by atoms with Crippen molar-refractivity contribution < 1.29 is 13.2 Å². The Balaban J connectivity index is 2.41. The maximum atomic E-state index is 12.0. The number of nitrogens with one attached hydrogen (secondary N) is 1. The summed E-state index contributed by atoms with van der Waals surface area (Å²) in [5.41, 5.74) is 0. The molecular formula is C14H24N2O3S. The Bertz CT molecular complexity index is 459. The molecule has 0 radical (unpaired) electrons. The molecule has 1 amide bonds. The highest BCUT2D eigenvalue weighted by Gasteiger charge is 2.29. The minimum absolute atomic E-state index is 0.0465. The fourth-order valence-corrected chi connectivity index (χ4v) is 4.39. The quantitative estimate of drug-likeness (QED) is 0.776. The summed E-state index contributed by atoms with van der Waals surface area (Å²) in [5, 5.41) is 11.3. The van der Waals surface area contributed by atoms with Gasteiger partial charge in [-0.2, -0.15) is 5.26 Å². The van der Waals surface area contributed by atoms with Gasteiger partial charge in [0.25, 0.3) is 0 Å². The van der Waals surface area contributed by atoms with Crippen LogP contribution in [0.5, 0.6) is 0 Å². The van der Waals surface area contributed by atoms with Crippen molar-refractivity contribution in [3.05, 3.63) is 0 Å². The molecule has 1 aliphatic carbocycles. The van der Waals surface area contributed by atoms with Gasteiger partial charge in [0.1, 0.15) is 6.04 Å². The highest BCUT2D eigenvalue weighted by molar-refractivity contribution is 7.92. The third-order valence-electron chi connectivity index (χ3n) is 3.62. The number of hydrogen-bond acceptors (Lipinski definition) is 4. The number of amides is 1. The van der Waals surface area contributed by atoms with E-state index < -0.39 is 15.9 Å². The number of carbonyl (C=O) groups is 1. The van der Waals surface area contributed by atoms with E-state index in [9.17, 15) is 13.2 Å². The number of hydrogen-bond donors (Lipinski definition) is 1. The molecule has 6 heteroatoms. The summed E-state index contributed by atoms with van der Waals surface area (Å²) >= 11 is 0. The van der Waals surface area contributed by atoms with Gasteiger partial charge < -0.3 is 5.32 Å². The lowest BCUT2D eigenvalue weighted by atomic mass is 10.0. The first kappa shape index (κ1) is 17.0. The van der Waals surface area contributed by atoms with E-state index in [0.717, 1.165) is 25.7 Å². The van der Waals surface area contributed by atoms with Gasteiger partial charge in [-0.25, -0.2) is 8.42 Å². The first-order valence-corrected chi connectivity index (χ1v) is 8.97. The van der Waals surface area contributed by atoms with Crippen molar-refractivity contribution in [3.63, 3.8) is 0 Å². The zero-order valence-electron chi connectivity index (χ0n) is 12.3. The number of nitriles is 1. The molecule has 0 unspecified atom stereocenters. The van der Waals surface area contributed by atoms with Crippen LogP contribution in [0, 0.1) is 17.2 Å². The van der Waals surface area contributed by atoms with Crippen LogP contribution in [0.3, 0.4) is 0 Å². The molecule has 1 N–H and O–H groups in total. The van der Waals surface area contributed by atoms with Crippen LogP contribution in [0.25, 0.3) is 0 Å². The van der Waals surface area contributed by atoms with E-state index in [0.29, 0.717) is 12.3 Å². The van der Waals surface area contributed by atoms with E-state index >= 15 is 0 Å². The van der Waals surface area contributed by atoms with E-state index in [2.05, 4.69) is 5.32 Å². The zero-order chi connectivity index (χ0) is 15.2. The van der Waals surface area contributed by atoms with Crippen LogP contribution in [-0.4, -0.2) is 31.4 Å². The number of carbonyl (C=O) groups excluding carboxylic acids is 1. The van der Waals surface area contributed by atoms with E-state index in [1.165, 1.54) is 0 Å². The normalized spacial score (nSPS) is 17.9. The van der Waals surface area contributed by atoms with Crippen LogP contribution in [0.4, 0.5) is 0 Å². The van der Waals surface area contributed by atoms with Gasteiger partial charge >= 0.3 is 0 Å². The molecule has 5 nitrogen and oxygen atoms in total. The summed E-state index contributed by atoms with van der Waals surface area (Å²) in [6, 6.07) is 1.50. The Hall–Kier alpha value is -1.09. The summed E-state index contributed by atoms with van der Waals surface area (Å²) in [6.07, 6.45) is 3.89. The Morgan fingerprint density at radius 1 is 1.35 bits per heavy atom. The first-order valence-electron chi connectivity index (χ1n) is 7.25. The standard InChI is InChI=1S/C14H24N2O3S/c1-11(2)9-12(10-15)16-14(17)7-8-20(18,19)13-5-3-4-6-13/h11-13H,3-9H2,1-2H3,(H,16,17)/t12-/m0/s1. The van der Waals surface area contributed by atoms with E-state index in [1.54, 1.807) is 0 Å². The van der Waals surface area contributed by atoms with Crippen LogP contribution in [0.1, 0.15) is 52.4 Å². The Labute approximate surface area is 121 Å². The Morgan fingerprint density at radius 2 is 1.95 bits per heavy atom. The second-order valence-electron chi connectivity index (χ2n) is 5.90. The summed E-state index contributed by atoms with van der Waals surface area (Å²) in [4.78, 5) is 11.7.